The fourth-order valence-corrected chi connectivity index (χ4v) is 4.77. The van der Waals surface area contributed by atoms with E-state index in [2.05, 4.69) is 62.7 Å². The van der Waals surface area contributed by atoms with Crippen LogP contribution in [0.4, 0.5) is 11.4 Å². The fourth-order valence-electron chi connectivity index (χ4n) is 4.77. The van der Waals surface area contributed by atoms with E-state index < -0.39 is 5.91 Å². The van der Waals surface area contributed by atoms with Crippen molar-refractivity contribution in [1.29, 1.82) is 0 Å². The summed E-state index contributed by atoms with van der Waals surface area (Å²) in [6, 6.07) is 8.53. The van der Waals surface area contributed by atoms with Gasteiger partial charge in [-0.1, -0.05) is 40.3 Å². The zero-order valence-corrected chi connectivity index (χ0v) is 20.1. The maximum absolute atomic E-state index is 12.8. The van der Waals surface area contributed by atoms with Crippen LogP contribution in [0.1, 0.15) is 67.9 Å². The quantitative estimate of drug-likeness (QED) is 0.512. The van der Waals surface area contributed by atoms with Gasteiger partial charge in [-0.15, -0.1) is 0 Å². The molecule has 2 atom stereocenters. The van der Waals surface area contributed by atoms with Crippen LogP contribution in [0.15, 0.2) is 37.0 Å². The average Bonchev–Trinajstić information content (AvgIpc) is 3.23. The number of nitrogens with one attached hydrogen (secondary N) is 1. The highest BCUT2D eigenvalue weighted by Crippen LogP contribution is 2.45. The molecule has 3 N–H and O–H groups in total. The highest BCUT2D eigenvalue weighted by atomic mass is 16.5. The summed E-state index contributed by atoms with van der Waals surface area (Å²) in [6.07, 6.45) is 4.56. The molecule has 1 heterocycles. The summed E-state index contributed by atoms with van der Waals surface area (Å²) < 4.78 is 5.56. The number of rotatable bonds is 9. The predicted octanol–water partition coefficient (Wildman–Crippen LogP) is 5.94. The number of methoxy groups -OCH3 is 1. The molecule has 1 unspecified atom stereocenters. The summed E-state index contributed by atoms with van der Waals surface area (Å²) in [5.74, 6) is 1.29. The van der Waals surface area contributed by atoms with Crippen LogP contribution in [0.2, 0.25) is 0 Å². The molecule has 2 aromatic carbocycles. The van der Waals surface area contributed by atoms with E-state index in [9.17, 15) is 4.79 Å². The van der Waals surface area contributed by atoms with Crippen LogP contribution in [0.25, 0.3) is 11.1 Å². The van der Waals surface area contributed by atoms with Crippen LogP contribution in [0.3, 0.4) is 0 Å². The Morgan fingerprint density at radius 1 is 1.38 bits per heavy atom. The highest BCUT2D eigenvalue weighted by Gasteiger charge is 2.29. The molecule has 0 saturated carbocycles. The summed E-state index contributed by atoms with van der Waals surface area (Å²) in [7, 11) is 1.71. The molecule has 5 heteroatoms. The number of carbonyl (C=O) groups is 1. The molecule has 1 saturated heterocycles. The number of amides is 1. The lowest BCUT2D eigenvalue weighted by Gasteiger charge is -2.29. The second kappa shape index (κ2) is 10.1. The van der Waals surface area contributed by atoms with E-state index in [-0.39, 0.29) is 5.92 Å². The Kier molecular flexibility index (Phi) is 7.49. The van der Waals surface area contributed by atoms with Gasteiger partial charge in [-0.3, -0.25) is 4.79 Å². The van der Waals surface area contributed by atoms with Gasteiger partial charge >= 0.3 is 0 Å². The number of anilines is 2. The minimum absolute atomic E-state index is 0.226. The van der Waals surface area contributed by atoms with Gasteiger partial charge in [0.05, 0.1) is 24.0 Å². The summed E-state index contributed by atoms with van der Waals surface area (Å²) in [6.45, 7) is 14.5. The molecule has 1 aliphatic heterocycles. The molecule has 0 bridgehead atoms. The van der Waals surface area contributed by atoms with Crippen LogP contribution >= 0.6 is 0 Å². The molecule has 1 amide bonds. The first kappa shape index (κ1) is 23.7. The van der Waals surface area contributed by atoms with Crippen molar-refractivity contribution in [1.82, 2.24) is 0 Å². The van der Waals surface area contributed by atoms with Crippen LogP contribution in [0.5, 0.6) is 5.75 Å². The predicted molar refractivity (Wildman–Crippen MR) is 135 cm³/mol. The number of benzene rings is 2. The first-order valence-electron chi connectivity index (χ1n) is 11.7. The second-order valence-electron chi connectivity index (χ2n) is 8.85. The van der Waals surface area contributed by atoms with Gasteiger partial charge < -0.3 is 20.7 Å². The Bertz CT molecular complexity index is 999. The molecule has 0 radical (unpaired) electrons. The molecular formula is C27H37N3O2. The molecule has 0 aliphatic carbocycles. The van der Waals surface area contributed by atoms with Crippen molar-refractivity contribution >= 4 is 17.3 Å². The van der Waals surface area contributed by atoms with Gasteiger partial charge in [0.15, 0.2) is 0 Å². The normalized spacial score (nSPS) is 16.7. The van der Waals surface area contributed by atoms with Crippen molar-refractivity contribution < 1.29 is 9.53 Å². The van der Waals surface area contributed by atoms with Crippen molar-refractivity contribution in [3.8, 4) is 16.9 Å². The van der Waals surface area contributed by atoms with Crippen molar-refractivity contribution in [3.05, 3.63) is 53.7 Å². The Morgan fingerprint density at radius 2 is 2.12 bits per heavy atom. The van der Waals surface area contributed by atoms with Gasteiger partial charge in [0.2, 0.25) is 0 Å². The van der Waals surface area contributed by atoms with Crippen LogP contribution in [0, 0.1) is 5.92 Å². The molecule has 0 spiro atoms. The van der Waals surface area contributed by atoms with Crippen molar-refractivity contribution in [3.63, 3.8) is 0 Å². The number of aryl methyl sites for hydroxylation is 1. The van der Waals surface area contributed by atoms with E-state index in [4.69, 9.17) is 10.5 Å². The van der Waals surface area contributed by atoms with Gasteiger partial charge in [-0.05, 0) is 77.8 Å². The Hall–Kier alpha value is -2.95. The molecule has 0 aromatic heterocycles. The Balaban J connectivity index is 2.37. The SMILES string of the molecule is C=CNc1c(C(N)=O)c(N2CC[C@H](C)C2)cc(-c2ccc(OC)c(CC)c2)c1C(C)CC. The van der Waals surface area contributed by atoms with Crippen molar-refractivity contribution in [2.24, 2.45) is 11.7 Å². The number of hydrogen-bond donors (Lipinski definition) is 2. The maximum atomic E-state index is 12.8. The summed E-state index contributed by atoms with van der Waals surface area (Å²) >= 11 is 0. The number of primary amides is 1. The average molecular weight is 436 g/mol. The zero-order valence-electron chi connectivity index (χ0n) is 20.1. The van der Waals surface area contributed by atoms with E-state index in [1.54, 1.807) is 13.3 Å². The van der Waals surface area contributed by atoms with E-state index in [0.29, 0.717) is 11.5 Å². The van der Waals surface area contributed by atoms with Crippen molar-refractivity contribution in [2.75, 3.05) is 30.4 Å². The number of carbonyl (C=O) groups excluding carboxylic acids is 1. The van der Waals surface area contributed by atoms with Gasteiger partial charge in [0.1, 0.15) is 5.75 Å². The lowest BCUT2D eigenvalue weighted by Crippen LogP contribution is -2.26. The number of hydrogen-bond acceptors (Lipinski definition) is 4. The summed E-state index contributed by atoms with van der Waals surface area (Å²) in [5.41, 5.74) is 12.7. The minimum atomic E-state index is -0.413. The molecular weight excluding hydrogens is 398 g/mol. The van der Waals surface area contributed by atoms with E-state index in [0.717, 1.165) is 71.7 Å². The molecule has 3 rings (SSSR count). The molecule has 1 aliphatic rings. The van der Waals surface area contributed by atoms with Crippen LogP contribution < -0.4 is 20.7 Å². The highest BCUT2D eigenvalue weighted by molar-refractivity contribution is 6.07. The number of nitrogens with zero attached hydrogens (tertiary/aromatic N) is 1. The molecule has 32 heavy (non-hydrogen) atoms. The van der Waals surface area contributed by atoms with Gasteiger partial charge in [0.25, 0.3) is 5.91 Å². The smallest absolute Gasteiger partial charge is 0.252 e. The summed E-state index contributed by atoms with van der Waals surface area (Å²) in [5, 5.41) is 3.29. The van der Waals surface area contributed by atoms with E-state index in [1.807, 2.05) is 6.07 Å². The molecule has 2 aromatic rings. The van der Waals surface area contributed by atoms with Crippen molar-refractivity contribution in [2.45, 2.75) is 52.9 Å². The maximum Gasteiger partial charge on any atom is 0.252 e. The van der Waals surface area contributed by atoms with Gasteiger partial charge in [0, 0.05) is 13.1 Å². The van der Waals surface area contributed by atoms with Crippen LogP contribution in [-0.2, 0) is 6.42 Å². The van der Waals surface area contributed by atoms with Gasteiger partial charge in [-0.2, -0.15) is 0 Å². The molecule has 172 valence electrons. The molecule has 1 fully saturated rings. The monoisotopic (exact) mass is 435 g/mol. The number of nitrogens with two attached hydrogens (primary N) is 1. The standard InChI is InChI=1S/C27H37N3O2/c1-7-18(5)24-21(20-10-11-23(32-6)19(8-2)14-20)15-22(30-13-12-17(4)16-30)25(27(28)31)26(24)29-9-3/h9-11,14-15,17-18,29H,3,7-8,12-13,16H2,1-2,4-6H3,(H2,28,31)/t17-,18?/m0/s1. The zero-order chi connectivity index (χ0) is 23.4. The Labute approximate surface area is 192 Å². The third kappa shape index (κ3) is 4.47. The van der Waals surface area contributed by atoms with E-state index >= 15 is 0 Å². The second-order valence-corrected chi connectivity index (χ2v) is 8.85. The largest absolute Gasteiger partial charge is 0.496 e. The van der Waals surface area contributed by atoms with Gasteiger partial charge in [-0.25, -0.2) is 0 Å². The third-order valence-electron chi connectivity index (χ3n) is 6.68. The topological polar surface area (TPSA) is 67.6 Å². The minimum Gasteiger partial charge on any atom is -0.496 e. The molecule has 5 nitrogen and oxygen atoms in total. The first-order chi connectivity index (χ1) is 15.4. The number of ether oxygens (including phenoxy) is 1. The summed E-state index contributed by atoms with van der Waals surface area (Å²) in [4.78, 5) is 15.1. The van der Waals surface area contributed by atoms with Crippen LogP contribution in [-0.4, -0.2) is 26.1 Å². The Morgan fingerprint density at radius 3 is 2.66 bits per heavy atom. The lowest BCUT2D eigenvalue weighted by molar-refractivity contribution is 0.100. The lowest BCUT2D eigenvalue weighted by atomic mass is 9.85. The first-order valence-corrected chi connectivity index (χ1v) is 11.7. The fraction of sp³-hybridized carbons (Fsp3) is 0.444. The van der Waals surface area contributed by atoms with E-state index in [1.165, 1.54) is 0 Å². The third-order valence-corrected chi connectivity index (χ3v) is 6.68.